The normalized spacial score (nSPS) is 17.0. The molecule has 1 atom stereocenters. The second kappa shape index (κ2) is 6.66. The maximum absolute atomic E-state index is 2.46. The van der Waals surface area contributed by atoms with E-state index in [-0.39, 0.29) is 25.8 Å². The molecule has 0 heterocycles. The number of hydrogen-bond donors (Lipinski definition) is 0. The average molecular weight is 452 g/mol. The topological polar surface area (TPSA) is 0 Å². The average Bonchev–Trinajstić information content (AvgIpc) is 3.13. The molecule has 0 N–H and O–H groups in total. The quantitative estimate of drug-likeness (QED) is 0.554. The van der Waals surface area contributed by atoms with E-state index in [2.05, 4.69) is 61.5 Å². The summed E-state index contributed by atoms with van der Waals surface area (Å²) in [6.45, 7) is 2.33. The Morgan fingerprint density at radius 3 is 2.45 bits per heavy atom. The van der Waals surface area contributed by atoms with E-state index in [4.69, 9.17) is 0 Å². The Hall–Kier alpha value is -0.950. The van der Waals surface area contributed by atoms with E-state index in [0.29, 0.717) is 5.92 Å². The molecule has 109 valence electrons. The molecule has 0 bridgehead atoms. The van der Waals surface area contributed by atoms with Crippen LogP contribution in [0.15, 0.2) is 48.5 Å². The van der Waals surface area contributed by atoms with Crippen molar-refractivity contribution in [2.75, 3.05) is 0 Å². The summed E-state index contributed by atoms with van der Waals surface area (Å²) in [4.78, 5) is 0. The molecule has 0 saturated heterocycles. The minimum absolute atomic E-state index is 0. The van der Waals surface area contributed by atoms with Crippen LogP contribution >= 0.6 is 0 Å². The van der Waals surface area contributed by atoms with Crippen LogP contribution in [0.3, 0.4) is 0 Å². The van der Waals surface area contributed by atoms with Crippen molar-refractivity contribution in [1.82, 2.24) is 0 Å². The first-order chi connectivity index (χ1) is 10.3. The molecular weight excluding hydrogens is 431 g/mol. The van der Waals surface area contributed by atoms with E-state index in [1.54, 1.807) is 11.1 Å². The standard InChI is InChI=1S/C21H21.Hf/c1-15(16-6-3-2-4-7-16)12-19-10-11-20-13-17-8-5-9-18(17)14-21(19)20;/h2-4,6-7,10-11,13-15H,5,8-9,12H2,1H3;. The maximum atomic E-state index is 2.46. The fourth-order valence-corrected chi connectivity index (χ4v) is 3.75. The zero-order valence-corrected chi connectivity index (χ0v) is 16.7. The molecule has 0 spiro atoms. The summed E-state index contributed by atoms with van der Waals surface area (Å²) in [5.74, 6) is 2.08. The Kier molecular flexibility index (Phi) is 4.82. The minimum Gasteiger partial charge on any atom is -0.0721 e. The number of allylic oxidation sites excluding steroid dienone is 1. The number of hydrogen-bond acceptors (Lipinski definition) is 0. The zero-order valence-electron chi connectivity index (χ0n) is 13.1. The van der Waals surface area contributed by atoms with Crippen LogP contribution in [0, 0.1) is 5.92 Å². The van der Waals surface area contributed by atoms with Crippen LogP contribution < -0.4 is 0 Å². The number of fused-ring (bicyclic) bond motifs is 2. The zero-order chi connectivity index (χ0) is 14.2. The number of aryl methyl sites for hydroxylation is 2. The molecule has 0 nitrogen and oxygen atoms in total. The first-order valence-corrected chi connectivity index (χ1v) is 8.06. The Labute approximate surface area is 152 Å². The Bertz CT molecular complexity index is 685. The second-order valence-corrected chi connectivity index (χ2v) is 6.44. The molecule has 1 radical (unpaired) electrons. The van der Waals surface area contributed by atoms with Gasteiger partial charge in [0, 0.05) is 31.8 Å². The van der Waals surface area contributed by atoms with Gasteiger partial charge < -0.3 is 0 Å². The smallest absolute Gasteiger partial charge is 0.0279 e. The fourth-order valence-electron chi connectivity index (χ4n) is 3.75. The van der Waals surface area contributed by atoms with Gasteiger partial charge in [-0.15, -0.1) is 0 Å². The van der Waals surface area contributed by atoms with Crippen molar-refractivity contribution in [3.63, 3.8) is 0 Å². The third-order valence-electron chi connectivity index (χ3n) is 4.97. The molecule has 2 aliphatic carbocycles. The van der Waals surface area contributed by atoms with Crippen molar-refractivity contribution < 1.29 is 25.8 Å². The maximum Gasteiger partial charge on any atom is 0.0279 e. The predicted octanol–water partition coefficient (Wildman–Crippen LogP) is 5.32. The molecule has 2 aliphatic rings. The van der Waals surface area contributed by atoms with E-state index < -0.39 is 0 Å². The Morgan fingerprint density at radius 1 is 0.955 bits per heavy atom. The number of benzene rings is 2. The Morgan fingerprint density at radius 2 is 1.68 bits per heavy atom. The van der Waals surface area contributed by atoms with Gasteiger partial charge in [0.25, 0.3) is 0 Å². The first-order valence-electron chi connectivity index (χ1n) is 8.06. The largest absolute Gasteiger partial charge is 0.0721 e. The van der Waals surface area contributed by atoms with Gasteiger partial charge in [0.2, 0.25) is 0 Å². The first kappa shape index (κ1) is 15.9. The van der Waals surface area contributed by atoms with Crippen LogP contribution in [0.5, 0.6) is 0 Å². The van der Waals surface area contributed by atoms with E-state index in [1.165, 1.54) is 41.9 Å². The van der Waals surface area contributed by atoms with Gasteiger partial charge in [-0.3, -0.25) is 0 Å². The van der Waals surface area contributed by atoms with Gasteiger partial charge in [0.1, 0.15) is 0 Å². The van der Waals surface area contributed by atoms with E-state index in [0.717, 1.165) is 6.42 Å². The van der Waals surface area contributed by atoms with Crippen molar-refractivity contribution in [1.29, 1.82) is 0 Å². The van der Waals surface area contributed by atoms with Crippen molar-refractivity contribution >= 4 is 6.08 Å². The van der Waals surface area contributed by atoms with Gasteiger partial charge in [-0.2, -0.15) is 0 Å². The van der Waals surface area contributed by atoms with Crippen molar-refractivity contribution in [3.8, 4) is 0 Å². The minimum atomic E-state index is 0. The number of rotatable bonds is 3. The van der Waals surface area contributed by atoms with Gasteiger partial charge in [-0.05, 0) is 59.4 Å². The molecule has 0 saturated carbocycles. The summed E-state index contributed by atoms with van der Waals surface area (Å²) in [5.41, 5.74) is 7.52. The summed E-state index contributed by atoms with van der Waals surface area (Å²) in [6, 6.07) is 15.8. The molecule has 0 aromatic heterocycles. The molecule has 2 aromatic rings. The van der Waals surface area contributed by atoms with Crippen molar-refractivity contribution in [2.45, 2.75) is 38.5 Å². The molecule has 2 aromatic carbocycles. The van der Waals surface area contributed by atoms with Gasteiger partial charge in [0.05, 0.1) is 0 Å². The van der Waals surface area contributed by atoms with E-state index in [1.807, 2.05) is 0 Å². The molecule has 1 unspecified atom stereocenters. The van der Waals surface area contributed by atoms with Crippen LogP contribution in [0.1, 0.15) is 53.5 Å². The molecule has 0 amide bonds. The third-order valence-corrected chi connectivity index (χ3v) is 4.97. The molecule has 22 heavy (non-hydrogen) atoms. The van der Waals surface area contributed by atoms with Crippen molar-refractivity contribution in [2.24, 2.45) is 0 Å². The Balaban J connectivity index is 0.00000144. The van der Waals surface area contributed by atoms with Gasteiger partial charge in [-0.1, -0.05) is 61.5 Å². The summed E-state index contributed by atoms with van der Waals surface area (Å²) in [5, 5.41) is 0. The summed E-state index contributed by atoms with van der Waals surface area (Å²) >= 11 is 0. The van der Waals surface area contributed by atoms with Crippen LogP contribution in [0.25, 0.3) is 6.08 Å². The monoisotopic (exact) mass is 453 g/mol. The molecule has 1 heteroatoms. The predicted molar refractivity (Wildman–Crippen MR) is 89.3 cm³/mol. The van der Waals surface area contributed by atoms with E-state index >= 15 is 0 Å². The summed E-state index contributed by atoms with van der Waals surface area (Å²) in [7, 11) is 0. The van der Waals surface area contributed by atoms with Crippen LogP contribution in [0.4, 0.5) is 0 Å². The molecular formula is C21H21Hf. The van der Waals surface area contributed by atoms with E-state index in [9.17, 15) is 0 Å². The van der Waals surface area contributed by atoms with Gasteiger partial charge in [-0.25, -0.2) is 0 Å². The van der Waals surface area contributed by atoms with Crippen LogP contribution in [-0.4, -0.2) is 0 Å². The van der Waals surface area contributed by atoms with Crippen molar-refractivity contribution in [3.05, 3.63) is 82.3 Å². The molecule has 4 rings (SSSR count). The summed E-state index contributed by atoms with van der Waals surface area (Å²) in [6.07, 6.45) is 9.64. The fraction of sp³-hybridized carbons (Fsp3) is 0.286. The van der Waals surface area contributed by atoms with Crippen LogP contribution in [-0.2, 0) is 38.7 Å². The molecule has 0 fully saturated rings. The second-order valence-electron chi connectivity index (χ2n) is 6.44. The van der Waals surface area contributed by atoms with Gasteiger partial charge >= 0.3 is 0 Å². The summed E-state index contributed by atoms with van der Waals surface area (Å²) < 4.78 is 0. The third kappa shape index (κ3) is 2.93. The molecule has 0 aliphatic heterocycles. The SMILES string of the molecule is CC(C[C]1C=Cc2cc3c(cc21)CCC3)c1ccccc1.[Hf]. The van der Waals surface area contributed by atoms with Gasteiger partial charge in [0.15, 0.2) is 0 Å². The van der Waals surface area contributed by atoms with Crippen LogP contribution in [0.2, 0.25) is 0 Å².